The summed E-state index contributed by atoms with van der Waals surface area (Å²) in [6.45, 7) is 1.51. The average molecular weight is 247 g/mol. The second kappa shape index (κ2) is 4.33. The number of aromatic carboxylic acids is 2. The Hall–Kier alpha value is -2.63. The molecular formula is C12H9NO5. The zero-order valence-electron chi connectivity index (χ0n) is 9.38. The fourth-order valence-corrected chi connectivity index (χ4v) is 1.59. The molecule has 0 bridgehead atoms. The van der Waals surface area contributed by atoms with Crippen molar-refractivity contribution < 1.29 is 24.3 Å². The molecule has 0 fully saturated rings. The standard InChI is InChI=1S/C12H9NO5/c1-6-9(12(16)17)10(13-18-6)7-2-4-8(5-3-7)11(14)15/h2-5H,1H3,(H,14,15)(H,16,17). The van der Waals surface area contributed by atoms with Gasteiger partial charge in [-0.25, -0.2) is 9.59 Å². The predicted octanol–water partition coefficient (Wildman–Crippen LogP) is 2.05. The van der Waals surface area contributed by atoms with E-state index in [0.29, 0.717) is 5.56 Å². The molecule has 0 spiro atoms. The molecule has 6 nitrogen and oxygen atoms in total. The van der Waals surface area contributed by atoms with Crippen molar-refractivity contribution in [1.29, 1.82) is 0 Å². The minimum Gasteiger partial charge on any atom is -0.478 e. The molecular weight excluding hydrogens is 238 g/mol. The highest BCUT2D eigenvalue weighted by atomic mass is 16.5. The molecule has 2 aromatic rings. The Labute approximate surface area is 101 Å². The quantitative estimate of drug-likeness (QED) is 0.860. The fraction of sp³-hybridized carbons (Fsp3) is 0.0833. The van der Waals surface area contributed by atoms with Gasteiger partial charge in [0.15, 0.2) is 0 Å². The molecule has 0 saturated carbocycles. The first-order chi connectivity index (χ1) is 8.50. The van der Waals surface area contributed by atoms with Crippen LogP contribution < -0.4 is 0 Å². The maximum Gasteiger partial charge on any atom is 0.341 e. The van der Waals surface area contributed by atoms with Crippen molar-refractivity contribution in [3.8, 4) is 11.3 Å². The number of carboxylic acids is 2. The lowest BCUT2D eigenvalue weighted by Crippen LogP contribution is -2.00. The van der Waals surface area contributed by atoms with Crippen molar-refractivity contribution in [3.05, 3.63) is 41.2 Å². The highest BCUT2D eigenvalue weighted by molar-refractivity contribution is 5.96. The van der Waals surface area contributed by atoms with Crippen LogP contribution in [0.4, 0.5) is 0 Å². The molecule has 2 rings (SSSR count). The van der Waals surface area contributed by atoms with E-state index in [4.69, 9.17) is 14.7 Å². The van der Waals surface area contributed by atoms with Gasteiger partial charge in [0, 0.05) is 5.56 Å². The van der Waals surface area contributed by atoms with E-state index < -0.39 is 11.9 Å². The van der Waals surface area contributed by atoms with Gasteiger partial charge in [-0.1, -0.05) is 17.3 Å². The van der Waals surface area contributed by atoms with E-state index in [9.17, 15) is 9.59 Å². The van der Waals surface area contributed by atoms with Crippen LogP contribution in [0.3, 0.4) is 0 Å². The maximum absolute atomic E-state index is 11.1. The molecule has 0 unspecified atom stereocenters. The maximum atomic E-state index is 11.1. The van der Waals surface area contributed by atoms with Crippen molar-refractivity contribution in [2.45, 2.75) is 6.92 Å². The number of benzene rings is 1. The number of carboxylic acid groups (broad SMARTS) is 2. The van der Waals surface area contributed by atoms with Crippen LogP contribution >= 0.6 is 0 Å². The second-order valence-corrected chi connectivity index (χ2v) is 3.65. The summed E-state index contributed by atoms with van der Waals surface area (Å²) < 4.78 is 4.84. The number of aryl methyl sites for hydroxylation is 1. The molecule has 92 valence electrons. The first-order valence-corrected chi connectivity index (χ1v) is 5.04. The Bertz CT molecular complexity index is 612. The molecule has 0 radical (unpaired) electrons. The Morgan fingerprint density at radius 3 is 2.22 bits per heavy atom. The van der Waals surface area contributed by atoms with Crippen molar-refractivity contribution in [2.24, 2.45) is 0 Å². The lowest BCUT2D eigenvalue weighted by molar-refractivity contribution is 0.0685. The van der Waals surface area contributed by atoms with E-state index in [2.05, 4.69) is 5.16 Å². The van der Waals surface area contributed by atoms with Gasteiger partial charge in [-0.3, -0.25) is 0 Å². The largest absolute Gasteiger partial charge is 0.478 e. The van der Waals surface area contributed by atoms with Crippen LogP contribution in [0, 0.1) is 6.92 Å². The van der Waals surface area contributed by atoms with Crippen LogP contribution in [-0.2, 0) is 0 Å². The van der Waals surface area contributed by atoms with Gasteiger partial charge in [0.2, 0.25) is 0 Å². The van der Waals surface area contributed by atoms with Gasteiger partial charge in [0.25, 0.3) is 0 Å². The summed E-state index contributed by atoms with van der Waals surface area (Å²) in [7, 11) is 0. The summed E-state index contributed by atoms with van der Waals surface area (Å²) in [5.74, 6) is -1.97. The summed E-state index contributed by atoms with van der Waals surface area (Å²) in [6, 6.07) is 5.75. The zero-order valence-corrected chi connectivity index (χ0v) is 9.38. The Balaban J connectivity index is 2.49. The van der Waals surface area contributed by atoms with Crippen molar-refractivity contribution in [2.75, 3.05) is 0 Å². The summed E-state index contributed by atoms with van der Waals surface area (Å²) in [6.07, 6.45) is 0. The third-order valence-electron chi connectivity index (χ3n) is 2.48. The smallest absolute Gasteiger partial charge is 0.341 e. The first kappa shape index (κ1) is 11.8. The molecule has 0 atom stereocenters. The van der Waals surface area contributed by atoms with E-state index in [1.54, 1.807) is 0 Å². The summed E-state index contributed by atoms with van der Waals surface area (Å²) in [4.78, 5) is 21.8. The normalized spacial score (nSPS) is 10.3. The van der Waals surface area contributed by atoms with Gasteiger partial charge in [-0.05, 0) is 19.1 Å². The monoisotopic (exact) mass is 247 g/mol. The number of hydrogen-bond acceptors (Lipinski definition) is 4. The van der Waals surface area contributed by atoms with Crippen LogP contribution in [0.1, 0.15) is 26.5 Å². The third-order valence-corrected chi connectivity index (χ3v) is 2.48. The van der Waals surface area contributed by atoms with Crippen LogP contribution in [-0.4, -0.2) is 27.3 Å². The average Bonchev–Trinajstić information content (AvgIpc) is 2.71. The molecule has 1 aromatic carbocycles. The highest BCUT2D eigenvalue weighted by Crippen LogP contribution is 2.25. The van der Waals surface area contributed by atoms with E-state index in [-0.39, 0.29) is 22.6 Å². The van der Waals surface area contributed by atoms with E-state index in [0.717, 1.165) is 0 Å². The molecule has 1 heterocycles. The minimum absolute atomic E-state index is 0.0157. The van der Waals surface area contributed by atoms with Crippen LogP contribution in [0.5, 0.6) is 0 Å². The number of nitrogens with zero attached hydrogens (tertiary/aromatic N) is 1. The van der Waals surface area contributed by atoms with Gasteiger partial charge in [0.05, 0.1) is 5.56 Å². The molecule has 0 aliphatic heterocycles. The zero-order chi connectivity index (χ0) is 13.3. The molecule has 1 aromatic heterocycles. The van der Waals surface area contributed by atoms with Gasteiger partial charge in [-0.15, -0.1) is 0 Å². The van der Waals surface area contributed by atoms with E-state index >= 15 is 0 Å². The molecule has 6 heteroatoms. The fourth-order valence-electron chi connectivity index (χ4n) is 1.59. The third kappa shape index (κ3) is 1.95. The SMILES string of the molecule is Cc1onc(-c2ccc(C(=O)O)cc2)c1C(=O)O. The van der Waals surface area contributed by atoms with Crippen LogP contribution in [0.15, 0.2) is 28.8 Å². The van der Waals surface area contributed by atoms with E-state index in [1.165, 1.54) is 31.2 Å². The number of hydrogen-bond donors (Lipinski definition) is 2. The minimum atomic E-state index is -1.13. The van der Waals surface area contributed by atoms with Crippen LogP contribution in [0.2, 0.25) is 0 Å². The molecule has 18 heavy (non-hydrogen) atoms. The predicted molar refractivity (Wildman–Crippen MR) is 60.6 cm³/mol. The van der Waals surface area contributed by atoms with Crippen LogP contribution in [0.25, 0.3) is 11.3 Å². The van der Waals surface area contributed by atoms with Gasteiger partial charge in [-0.2, -0.15) is 0 Å². The lowest BCUT2D eigenvalue weighted by atomic mass is 10.0. The lowest BCUT2D eigenvalue weighted by Gasteiger charge is -1.99. The molecule has 0 aliphatic carbocycles. The Morgan fingerprint density at radius 2 is 1.72 bits per heavy atom. The molecule has 0 amide bonds. The van der Waals surface area contributed by atoms with Crippen molar-refractivity contribution >= 4 is 11.9 Å². The van der Waals surface area contributed by atoms with E-state index in [1.807, 2.05) is 0 Å². The van der Waals surface area contributed by atoms with Gasteiger partial charge < -0.3 is 14.7 Å². The Morgan fingerprint density at radius 1 is 1.11 bits per heavy atom. The van der Waals surface area contributed by atoms with Gasteiger partial charge in [0.1, 0.15) is 17.0 Å². The van der Waals surface area contributed by atoms with Gasteiger partial charge >= 0.3 is 11.9 Å². The summed E-state index contributed by atoms with van der Waals surface area (Å²) >= 11 is 0. The molecule has 0 saturated heterocycles. The Kier molecular flexibility index (Phi) is 2.85. The number of carbonyl (C=O) groups is 2. The topological polar surface area (TPSA) is 101 Å². The summed E-state index contributed by atoms with van der Waals surface area (Å²) in [5.41, 5.74) is 0.792. The van der Waals surface area contributed by atoms with Crippen molar-refractivity contribution in [1.82, 2.24) is 5.16 Å². The highest BCUT2D eigenvalue weighted by Gasteiger charge is 2.20. The number of aromatic nitrogens is 1. The first-order valence-electron chi connectivity index (χ1n) is 5.04. The van der Waals surface area contributed by atoms with Crippen molar-refractivity contribution in [3.63, 3.8) is 0 Å². The molecule has 0 aliphatic rings. The molecule has 2 N–H and O–H groups in total. The summed E-state index contributed by atoms with van der Waals surface area (Å²) in [5, 5.41) is 21.5. The second-order valence-electron chi connectivity index (χ2n) is 3.65. The number of rotatable bonds is 3.